The maximum Gasteiger partial charge on any atom is 0.282 e. The highest BCUT2D eigenvalue weighted by Crippen LogP contribution is 2.29. The van der Waals surface area contributed by atoms with Crippen LogP contribution in [0.2, 0.25) is 0 Å². The van der Waals surface area contributed by atoms with Crippen molar-refractivity contribution in [3.05, 3.63) is 34.4 Å². The Morgan fingerprint density at radius 2 is 2.07 bits per heavy atom. The van der Waals surface area contributed by atoms with E-state index < -0.39 is 0 Å². The Morgan fingerprint density at radius 1 is 1.33 bits per heavy atom. The van der Waals surface area contributed by atoms with Crippen LogP contribution in [0.25, 0.3) is 0 Å². The second-order valence-electron chi connectivity index (χ2n) is 3.28. The molecule has 82 valence electrons. The number of para-hydroxylation sites is 1. The minimum atomic E-state index is -0.317. The first-order valence-electron chi connectivity index (χ1n) is 5.12. The van der Waals surface area contributed by atoms with Gasteiger partial charge < -0.3 is 0 Å². The third-order valence-electron chi connectivity index (χ3n) is 2.07. The molecule has 0 aliphatic heterocycles. The molecule has 0 aliphatic carbocycles. The van der Waals surface area contributed by atoms with E-state index in [-0.39, 0.29) is 10.6 Å². The summed E-state index contributed by atoms with van der Waals surface area (Å²) in [7, 11) is 0. The van der Waals surface area contributed by atoms with Crippen molar-refractivity contribution < 1.29 is 4.92 Å². The van der Waals surface area contributed by atoms with Gasteiger partial charge in [0, 0.05) is 6.07 Å². The molecule has 1 aromatic carbocycles. The van der Waals surface area contributed by atoms with Crippen molar-refractivity contribution in [2.45, 2.75) is 31.1 Å². The molecule has 0 heterocycles. The van der Waals surface area contributed by atoms with E-state index in [9.17, 15) is 10.1 Å². The summed E-state index contributed by atoms with van der Waals surface area (Å²) in [6.45, 7) is 2.15. The third kappa shape index (κ3) is 3.91. The maximum absolute atomic E-state index is 10.7. The number of hydrogen-bond donors (Lipinski definition) is 0. The van der Waals surface area contributed by atoms with Crippen LogP contribution in [0.3, 0.4) is 0 Å². The summed E-state index contributed by atoms with van der Waals surface area (Å²) < 4.78 is 0. The van der Waals surface area contributed by atoms with Crippen molar-refractivity contribution in [1.82, 2.24) is 0 Å². The van der Waals surface area contributed by atoms with Crippen molar-refractivity contribution >= 4 is 17.4 Å². The van der Waals surface area contributed by atoms with E-state index in [1.165, 1.54) is 12.8 Å². The number of hydrogen-bond acceptors (Lipinski definition) is 3. The fourth-order valence-electron chi connectivity index (χ4n) is 1.26. The molecule has 3 nitrogen and oxygen atoms in total. The van der Waals surface area contributed by atoms with Crippen molar-refractivity contribution in [3.8, 4) is 0 Å². The Labute approximate surface area is 94.0 Å². The maximum atomic E-state index is 10.7. The average molecular weight is 225 g/mol. The monoisotopic (exact) mass is 225 g/mol. The molecule has 0 N–H and O–H groups in total. The molecule has 0 fully saturated rings. The summed E-state index contributed by atoms with van der Waals surface area (Å²) in [6, 6.07) is 6.92. The third-order valence-corrected chi connectivity index (χ3v) is 3.22. The van der Waals surface area contributed by atoms with Gasteiger partial charge in [-0.1, -0.05) is 31.9 Å². The smallest absolute Gasteiger partial charge is 0.258 e. The molecule has 0 aliphatic rings. The van der Waals surface area contributed by atoms with Gasteiger partial charge in [-0.2, -0.15) is 0 Å². The molecule has 0 bridgehead atoms. The van der Waals surface area contributed by atoms with Crippen LogP contribution in [-0.4, -0.2) is 10.7 Å². The first-order chi connectivity index (χ1) is 7.25. The van der Waals surface area contributed by atoms with Crippen molar-refractivity contribution in [2.75, 3.05) is 5.75 Å². The topological polar surface area (TPSA) is 43.1 Å². The summed E-state index contributed by atoms with van der Waals surface area (Å²) >= 11 is 1.57. The molecule has 1 rings (SSSR count). The van der Waals surface area contributed by atoms with E-state index in [2.05, 4.69) is 6.92 Å². The molecule has 0 saturated carbocycles. The Morgan fingerprint density at radius 3 is 2.73 bits per heavy atom. The lowest BCUT2D eigenvalue weighted by atomic mass is 10.3. The first kappa shape index (κ1) is 12.0. The van der Waals surface area contributed by atoms with E-state index in [0.29, 0.717) is 0 Å². The van der Waals surface area contributed by atoms with E-state index in [4.69, 9.17) is 0 Å². The van der Waals surface area contributed by atoms with Crippen LogP contribution in [0.4, 0.5) is 5.69 Å². The minimum absolute atomic E-state index is 0.221. The fraction of sp³-hybridized carbons (Fsp3) is 0.455. The Hall–Kier alpha value is -1.03. The van der Waals surface area contributed by atoms with Crippen molar-refractivity contribution in [1.29, 1.82) is 0 Å². The van der Waals surface area contributed by atoms with Crippen LogP contribution in [0, 0.1) is 10.1 Å². The Kier molecular flexibility index (Phi) is 5.18. The average Bonchev–Trinajstić information content (AvgIpc) is 2.25. The standard InChI is InChI=1S/C11H15NO2S/c1-2-3-6-9-15-11-8-5-4-7-10(11)12(13)14/h4-5,7-8H,2-3,6,9H2,1H3. The predicted molar refractivity (Wildman–Crippen MR) is 63.3 cm³/mol. The summed E-state index contributed by atoms with van der Waals surface area (Å²) in [4.78, 5) is 11.2. The van der Waals surface area contributed by atoms with E-state index in [1.54, 1.807) is 23.9 Å². The largest absolute Gasteiger partial charge is 0.282 e. The molecule has 0 aromatic heterocycles. The molecule has 4 heteroatoms. The molecular weight excluding hydrogens is 210 g/mol. The summed E-state index contributed by atoms with van der Waals surface area (Å²) in [6.07, 6.45) is 3.48. The molecule has 0 spiro atoms. The van der Waals surface area contributed by atoms with Crippen molar-refractivity contribution in [2.24, 2.45) is 0 Å². The van der Waals surface area contributed by atoms with Gasteiger partial charge >= 0.3 is 0 Å². The highest BCUT2D eigenvalue weighted by Gasteiger charge is 2.11. The van der Waals surface area contributed by atoms with Gasteiger partial charge in [-0.3, -0.25) is 10.1 Å². The highest BCUT2D eigenvalue weighted by molar-refractivity contribution is 7.99. The zero-order valence-electron chi connectivity index (χ0n) is 8.81. The van der Waals surface area contributed by atoms with E-state index in [1.807, 2.05) is 12.1 Å². The Balaban J connectivity index is 2.56. The van der Waals surface area contributed by atoms with Crippen LogP contribution < -0.4 is 0 Å². The molecule has 0 unspecified atom stereocenters. The summed E-state index contributed by atoms with van der Waals surface area (Å²) in [5.41, 5.74) is 0.221. The van der Waals surface area contributed by atoms with Gasteiger partial charge in [0.2, 0.25) is 0 Å². The summed E-state index contributed by atoms with van der Waals surface area (Å²) in [5, 5.41) is 10.7. The number of nitro benzene ring substituents is 1. The highest BCUT2D eigenvalue weighted by atomic mass is 32.2. The number of rotatable bonds is 6. The zero-order valence-corrected chi connectivity index (χ0v) is 9.63. The van der Waals surface area contributed by atoms with Crippen LogP contribution in [0.15, 0.2) is 29.2 Å². The van der Waals surface area contributed by atoms with E-state index in [0.717, 1.165) is 17.1 Å². The molecule has 1 aromatic rings. The fourth-order valence-corrected chi connectivity index (χ4v) is 2.30. The van der Waals surface area contributed by atoms with Crippen LogP contribution in [0.1, 0.15) is 26.2 Å². The number of nitro groups is 1. The van der Waals surface area contributed by atoms with Gasteiger partial charge in [0.25, 0.3) is 5.69 Å². The number of unbranched alkanes of at least 4 members (excludes halogenated alkanes) is 2. The van der Waals surface area contributed by atoms with Gasteiger partial charge in [-0.25, -0.2) is 0 Å². The van der Waals surface area contributed by atoms with Gasteiger partial charge in [0.05, 0.1) is 9.82 Å². The van der Waals surface area contributed by atoms with Crippen LogP contribution in [-0.2, 0) is 0 Å². The first-order valence-corrected chi connectivity index (χ1v) is 6.10. The number of thioether (sulfide) groups is 1. The molecular formula is C11H15NO2S. The van der Waals surface area contributed by atoms with Gasteiger partial charge in [0.15, 0.2) is 0 Å². The molecule has 0 amide bonds. The SMILES string of the molecule is CCCCCSc1ccccc1[N+](=O)[O-]. The molecule has 0 atom stereocenters. The lowest BCUT2D eigenvalue weighted by Gasteiger charge is -2.01. The van der Waals surface area contributed by atoms with Gasteiger partial charge in [-0.05, 0) is 18.2 Å². The second kappa shape index (κ2) is 6.45. The van der Waals surface area contributed by atoms with Gasteiger partial charge in [0.1, 0.15) is 0 Å². The Bertz CT molecular complexity index is 328. The van der Waals surface area contributed by atoms with E-state index >= 15 is 0 Å². The lowest BCUT2D eigenvalue weighted by Crippen LogP contribution is -1.90. The van der Waals surface area contributed by atoms with Gasteiger partial charge in [-0.15, -0.1) is 11.8 Å². The number of benzene rings is 1. The quantitative estimate of drug-likeness (QED) is 0.319. The summed E-state index contributed by atoms with van der Waals surface area (Å²) in [5.74, 6) is 0.957. The molecule has 15 heavy (non-hydrogen) atoms. The molecule has 0 saturated heterocycles. The van der Waals surface area contributed by atoms with Crippen LogP contribution >= 0.6 is 11.8 Å². The zero-order chi connectivity index (χ0) is 11.1. The van der Waals surface area contributed by atoms with Crippen molar-refractivity contribution in [3.63, 3.8) is 0 Å². The second-order valence-corrected chi connectivity index (χ2v) is 4.42. The molecule has 0 radical (unpaired) electrons. The minimum Gasteiger partial charge on any atom is -0.258 e. The normalized spacial score (nSPS) is 10.2. The lowest BCUT2D eigenvalue weighted by molar-refractivity contribution is -0.387. The number of nitrogens with zero attached hydrogens (tertiary/aromatic N) is 1. The van der Waals surface area contributed by atoms with Crippen LogP contribution in [0.5, 0.6) is 0 Å². The predicted octanol–water partition coefficient (Wildman–Crippen LogP) is 3.88.